The van der Waals surface area contributed by atoms with Crippen molar-refractivity contribution in [2.45, 2.75) is 50.8 Å². The normalized spacial score (nSPS) is 40.8. The van der Waals surface area contributed by atoms with E-state index >= 15 is 0 Å². The summed E-state index contributed by atoms with van der Waals surface area (Å²) >= 11 is 0. The molecular formula is C11H20N2O2. The molecule has 0 radical (unpaired) electrons. The van der Waals surface area contributed by atoms with Crippen LogP contribution in [0.25, 0.3) is 0 Å². The Morgan fingerprint density at radius 1 is 1.67 bits per heavy atom. The fourth-order valence-electron chi connectivity index (χ4n) is 2.25. The lowest BCUT2D eigenvalue weighted by Gasteiger charge is -2.30. The van der Waals surface area contributed by atoms with E-state index in [1.807, 2.05) is 0 Å². The van der Waals surface area contributed by atoms with Crippen molar-refractivity contribution < 1.29 is 9.53 Å². The number of rotatable bonds is 3. The van der Waals surface area contributed by atoms with Gasteiger partial charge in [-0.25, -0.2) is 0 Å². The second-order valence-corrected chi connectivity index (χ2v) is 4.86. The van der Waals surface area contributed by atoms with E-state index < -0.39 is 0 Å². The van der Waals surface area contributed by atoms with Crippen molar-refractivity contribution in [1.82, 2.24) is 10.6 Å². The first-order valence-electron chi connectivity index (χ1n) is 5.76. The van der Waals surface area contributed by atoms with Gasteiger partial charge in [0.1, 0.15) is 0 Å². The van der Waals surface area contributed by atoms with E-state index in [0.717, 1.165) is 26.0 Å². The van der Waals surface area contributed by atoms with Crippen LogP contribution >= 0.6 is 0 Å². The first-order chi connectivity index (χ1) is 7.10. The maximum atomic E-state index is 11.0. The van der Waals surface area contributed by atoms with Crippen molar-refractivity contribution in [3.63, 3.8) is 0 Å². The van der Waals surface area contributed by atoms with Gasteiger partial charge >= 0.3 is 0 Å². The van der Waals surface area contributed by atoms with Gasteiger partial charge < -0.3 is 15.4 Å². The zero-order chi connectivity index (χ0) is 10.9. The lowest BCUT2D eigenvalue weighted by atomic mass is 9.94. The predicted molar refractivity (Wildman–Crippen MR) is 57.6 cm³/mol. The number of hydrogen-bond donors (Lipinski definition) is 2. The standard InChI is InChI=1S/C11H20N2O2/c1-8-11(2,5-6-15-8)12-7-9-3-4-10(14)13-9/h8-9,12H,3-7H2,1-2H3,(H,13,14). The summed E-state index contributed by atoms with van der Waals surface area (Å²) < 4.78 is 5.55. The van der Waals surface area contributed by atoms with Crippen LogP contribution in [0.2, 0.25) is 0 Å². The maximum Gasteiger partial charge on any atom is 0.220 e. The van der Waals surface area contributed by atoms with Crippen molar-refractivity contribution in [1.29, 1.82) is 0 Å². The minimum absolute atomic E-state index is 0.0767. The Hall–Kier alpha value is -0.610. The summed E-state index contributed by atoms with van der Waals surface area (Å²) in [7, 11) is 0. The number of hydrogen-bond acceptors (Lipinski definition) is 3. The highest BCUT2D eigenvalue weighted by Crippen LogP contribution is 2.25. The van der Waals surface area contributed by atoms with E-state index in [9.17, 15) is 4.79 Å². The topological polar surface area (TPSA) is 50.4 Å². The molecule has 2 aliphatic rings. The molecule has 3 atom stereocenters. The van der Waals surface area contributed by atoms with Gasteiger partial charge in [0.2, 0.25) is 5.91 Å². The number of carbonyl (C=O) groups is 1. The molecule has 0 aliphatic carbocycles. The molecule has 2 rings (SSSR count). The quantitative estimate of drug-likeness (QED) is 0.713. The molecule has 0 saturated carbocycles. The molecular weight excluding hydrogens is 192 g/mol. The van der Waals surface area contributed by atoms with Crippen LogP contribution in [0.1, 0.15) is 33.1 Å². The maximum absolute atomic E-state index is 11.0. The molecule has 2 N–H and O–H groups in total. The summed E-state index contributed by atoms with van der Waals surface area (Å²) in [6, 6.07) is 0.308. The van der Waals surface area contributed by atoms with Crippen LogP contribution in [0.3, 0.4) is 0 Å². The lowest BCUT2D eigenvalue weighted by molar-refractivity contribution is -0.119. The van der Waals surface area contributed by atoms with Gasteiger partial charge in [-0.3, -0.25) is 4.79 Å². The Morgan fingerprint density at radius 2 is 2.47 bits per heavy atom. The summed E-state index contributed by atoms with van der Waals surface area (Å²) in [6.45, 7) is 5.99. The van der Waals surface area contributed by atoms with Gasteiger partial charge in [0, 0.05) is 31.2 Å². The molecule has 0 aromatic carbocycles. The van der Waals surface area contributed by atoms with Crippen LogP contribution in [-0.4, -0.2) is 36.7 Å². The average Bonchev–Trinajstić information content (AvgIpc) is 2.73. The van der Waals surface area contributed by atoms with Gasteiger partial charge in [-0.15, -0.1) is 0 Å². The SMILES string of the molecule is CC1OCCC1(C)NCC1CCC(=O)N1. The summed E-state index contributed by atoms with van der Waals surface area (Å²) in [5.74, 6) is 0.183. The largest absolute Gasteiger partial charge is 0.377 e. The minimum atomic E-state index is 0.0767. The molecule has 2 heterocycles. The Labute approximate surface area is 90.8 Å². The van der Waals surface area contributed by atoms with Crippen molar-refractivity contribution in [2.75, 3.05) is 13.2 Å². The van der Waals surface area contributed by atoms with E-state index in [2.05, 4.69) is 24.5 Å². The van der Waals surface area contributed by atoms with Gasteiger partial charge in [0.15, 0.2) is 0 Å². The van der Waals surface area contributed by atoms with E-state index in [0.29, 0.717) is 12.5 Å². The van der Waals surface area contributed by atoms with Crippen molar-refractivity contribution in [3.8, 4) is 0 Å². The van der Waals surface area contributed by atoms with Crippen LogP contribution in [-0.2, 0) is 9.53 Å². The molecule has 3 unspecified atom stereocenters. The van der Waals surface area contributed by atoms with Gasteiger partial charge in [0.25, 0.3) is 0 Å². The molecule has 2 fully saturated rings. The monoisotopic (exact) mass is 212 g/mol. The van der Waals surface area contributed by atoms with Gasteiger partial charge in [0.05, 0.1) is 6.10 Å². The molecule has 4 nitrogen and oxygen atoms in total. The second-order valence-electron chi connectivity index (χ2n) is 4.86. The van der Waals surface area contributed by atoms with Gasteiger partial charge in [-0.2, -0.15) is 0 Å². The van der Waals surface area contributed by atoms with Crippen LogP contribution in [0.5, 0.6) is 0 Å². The Kier molecular flexibility index (Phi) is 2.98. The first-order valence-corrected chi connectivity index (χ1v) is 5.76. The van der Waals surface area contributed by atoms with Crippen LogP contribution < -0.4 is 10.6 Å². The summed E-state index contributed by atoms with van der Waals surface area (Å²) in [6.07, 6.45) is 2.94. The third-order valence-corrected chi connectivity index (χ3v) is 3.72. The fraction of sp³-hybridized carbons (Fsp3) is 0.909. The third-order valence-electron chi connectivity index (χ3n) is 3.72. The first kappa shape index (κ1) is 10.9. The number of ether oxygens (including phenoxy) is 1. The smallest absolute Gasteiger partial charge is 0.220 e. The summed E-state index contributed by atoms with van der Waals surface area (Å²) in [5, 5.41) is 6.50. The molecule has 0 aromatic rings. The molecule has 15 heavy (non-hydrogen) atoms. The molecule has 0 spiro atoms. The molecule has 2 saturated heterocycles. The fourth-order valence-corrected chi connectivity index (χ4v) is 2.25. The van der Waals surface area contributed by atoms with Gasteiger partial charge in [-0.1, -0.05) is 0 Å². The van der Waals surface area contributed by atoms with Crippen molar-refractivity contribution >= 4 is 5.91 Å². The number of carbonyl (C=O) groups excluding carboxylic acids is 1. The second kappa shape index (κ2) is 4.10. The zero-order valence-electron chi connectivity index (χ0n) is 9.51. The van der Waals surface area contributed by atoms with Crippen LogP contribution in [0.15, 0.2) is 0 Å². The average molecular weight is 212 g/mol. The Morgan fingerprint density at radius 3 is 3.00 bits per heavy atom. The Balaban J connectivity index is 1.80. The molecule has 1 amide bonds. The minimum Gasteiger partial charge on any atom is -0.377 e. The summed E-state index contributed by atoms with van der Waals surface area (Å²) in [4.78, 5) is 11.0. The highest BCUT2D eigenvalue weighted by atomic mass is 16.5. The van der Waals surface area contributed by atoms with E-state index in [-0.39, 0.29) is 17.6 Å². The highest BCUT2D eigenvalue weighted by Gasteiger charge is 2.37. The van der Waals surface area contributed by atoms with Crippen molar-refractivity contribution in [3.05, 3.63) is 0 Å². The molecule has 2 aliphatic heterocycles. The highest BCUT2D eigenvalue weighted by molar-refractivity contribution is 5.78. The zero-order valence-corrected chi connectivity index (χ0v) is 9.51. The van der Waals surface area contributed by atoms with Crippen LogP contribution in [0, 0.1) is 0 Å². The van der Waals surface area contributed by atoms with Crippen molar-refractivity contribution in [2.24, 2.45) is 0 Å². The molecule has 0 aromatic heterocycles. The number of amides is 1. The Bertz CT molecular complexity index is 257. The predicted octanol–water partition coefficient (Wildman–Crippen LogP) is 0.422. The molecule has 86 valence electrons. The molecule has 4 heteroatoms. The summed E-state index contributed by atoms with van der Waals surface area (Å²) in [5.41, 5.74) is 0.0767. The van der Waals surface area contributed by atoms with E-state index in [1.165, 1.54) is 0 Å². The van der Waals surface area contributed by atoms with Crippen LogP contribution in [0.4, 0.5) is 0 Å². The third kappa shape index (κ3) is 2.32. The molecule has 0 bridgehead atoms. The lowest BCUT2D eigenvalue weighted by Crippen LogP contribution is -2.51. The van der Waals surface area contributed by atoms with E-state index in [4.69, 9.17) is 4.74 Å². The van der Waals surface area contributed by atoms with Gasteiger partial charge in [-0.05, 0) is 26.7 Å². The van der Waals surface area contributed by atoms with E-state index in [1.54, 1.807) is 0 Å². The number of nitrogens with one attached hydrogen (secondary N) is 2.